The van der Waals surface area contributed by atoms with E-state index in [1.54, 1.807) is 6.07 Å². The van der Waals surface area contributed by atoms with Crippen LogP contribution in [-0.4, -0.2) is 26.4 Å². The predicted octanol–water partition coefficient (Wildman–Crippen LogP) is 2.98. The first kappa shape index (κ1) is 17.8. The summed E-state index contributed by atoms with van der Waals surface area (Å²) in [5.41, 5.74) is 0.862. The average Bonchev–Trinajstić information content (AvgIpc) is 2.54. The van der Waals surface area contributed by atoms with Gasteiger partial charge >= 0.3 is 6.61 Å². The van der Waals surface area contributed by atoms with E-state index < -0.39 is 16.6 Å². The monoisotopic (exact) mass is 352 g/mol. The van der Waals surface area contributed by atoms with Gasteiger partial charge < -0.3 is 4.74 Å². The predicted molar refractivity (Wildman–Crippen MR) is 82.9 cm³/mol. The number of hydrogen-bond acceptors (Lipinski definition) is 4. The molecule has 2 rings (SSSR count). The second kappa shape index (κ2) is 7.38. The lowest BCUT2D eigenvalue weighted by molar-refractivity contribution is -0.0498. The van der Waals surface area contributed by atoms with Crippen molar-refractivity contribution in [3.63, 3.8) is 0 Å². The molecule has 0 saturated heterocycles. The standard InChI is InChI=1S/C16H14F2N2O3S/c1-20(11-13-3-2-4-14(9-13)23-16(17)18)24(21,22)15-7-5-12(10-19)6-8-15/h2-9,16H,11H2,1H3. The van der Waals surface area contributed by atoms with E-state index in [4.69, 9.17) is 5.26 Å². The molecule has 0 aliphatic rings. The largest absolute Gasteiger partial charge is 0.435 e. The number of ether oxygens (including phenoxy) is 1. The number of nitriles is 1. The van der Waals surface area contributed by atoms with Crippen molar-refractivity contribution in [2.24, 2.45) is 0 Å². The molecule has 5 nitrogen and oxygen atoms in total. The number of nitrogens with zero attached hydrogens (tertiary/aromatic N) is 2. The average molecular weight is 352 g/mol. The molecule has 2 aromatic rings. The maximum atomic E-state index is 12.5. The molecule has 0 fully saturated rings. The number of hydrogen-bond donors (Lipinski definition) is 0. The fourth-order valence-corrected chi connectivity index (χ4v) is 3.20. The van der Waals surface area contributed by atoms with Crippen molar-refractivity contribution in [1.82, 2.24) is 4.31 Å². The molecule has 0 radical (unpaired) electrons. The molecule has 0 N–H and O–H groups in total. The molecule has 0 aliphatic carbocycles. The molecule has 126 valence electrons. The van der Waals surface area contributed by atoms with Crippen LogP contribution in [0.25, 0.3) is 0 Å². The Morgan fingerprint density at radius 3 is 2.46 bits per heavy atom. The third-order valence-electron chi connectivity index (χ3n) is 3.22. The van der Waals surface area contributed by atoms with Crippen LogP contribution in [0.2, 0.25) is 0 Å². The van der Waals surface area contributed by atoms with Crippen LogP contribution < -0.4 is 4.74 Å². The summed E-state index contributed by atoms with van der Waals surface area (Å²) in [5, 5.41) is 8.75. The van der Waals surface area contributed by atoms with Gasteiger partial charge in [0.1, 0.15) is 5.75 Å². The molecule has 0 saturated carbocycles. The van der Waals surface area contributed by atoms with Gasteiger partial charge in [-0.1, -0.05) is 12.1 Å². The lowest BCUT2D eigenvalue weighted by atomic mass is 10.2. The van der Waals surface area contributed by atoms with Crippen molar-refractivity contribution in [3.8, 4) is 11.8 Å². The van der Waals surface area contributed by atoms with Gasteiger partial charge in [0.25, 0.3) is 0 Å². The second-order valence-electron chi connectivity index (χ2n) is 4.92. The van der Waals surface area contributed by atoms with Gasteiger partial charge in [-0.05, 0) is 42.0 Å². The van der Waals surface area contributed by atoms with Crippen molar-refractivity contribution in [2.75, 3.05) is 7.05 Å². The molecule has 0 spiro atoms. The van der Waals surface area contributed by atoms with E-state index in [1.807, 2.05) is 6.07 Å². The molecule has 0 aromatic heterocycles. The zero-order valence-electron chi connectivity index (χ0n) is 12.7. The van der Waals surface area contributed by atoms with Crippen LogP contribution in [0.15, 0.2) is 53.4 Å². The van der Waals surface area contributed by atoms with E-state index in [0.717, 1.165) is 4.31 Å². The Morgan fingerprint density at radius 2 is 1.88 bits per heavy atom. The number of halogens is 2. The molecule has 0 aliphatic heterocycles. The quantitative estimate of drug-likeness (QED) is 0.801. The maximum Gasteiger partial charge on any atom is 0.387 e. The summed E-state index contributed by atoms with van der Waals surface area (Å²) in [6.45, 7) is -2.96. The molecular formula is C16H14F2N2O3S. The van der Waals surface area contributed by atoms with E-state index >= 15 is 0 Å². The van der Waals surface area contributed by atoms with Gasteiger partial charge in [-0.25, -0.2) is 8.42 Å². The first-order chi connectivity index (χ1) is 11.3. The van der Waals surface area contributed by atoms with Gasteiger partial charge in [-0.3, -0.25) is 0 Å². The van der Waals surface area contributed by atoms with Crippen molar-refractivity contribution < 1.29 is 21.9 Å². The summed E-state index contributed by atoms with van der Waals surface area (Å²) in [7, 11) is -2.38. The third kappa shape index (κ3) is 4.28. The van der Waals surface area contributed by atoms with Crippen LogP contribution >= 0.6 is 0 Å². The summed E-state index contributed by atoms with van der Waals surface area (Å²) in [4.78, 5) is 0.0454. The Kier molecular flexibility index (Phi) is 5.49. The van der Waals surface area contributed by atoms with Gasteiger partial charge in [0, 0.05) is 13.6 Å². The smallest absolute Gasteiger partial charge is 0.387 e. The molecule has 0 atom stereocenters. The van der Waals surface area contributed by atoms with Gasteiger partial charge in [0.05, 0.1) is 16.5 Å². The number of sulfonamides is 1. The Labute approximate surface area is 138 Å². The van der Waals surface area contributed by atoms with E-state index in [9.17, 15) is 17.2 Å². The van der Waals surface area contributed by atoms with Crippen molar-refractivity contribution in [2.45, 2.75) is 18.1 Å². The summed E-state index contributed by atoms with van der Waals surface area (Å²) in [6, 6.07) is 13.3. The zero-order chi connectivity index (χ0) is 17.7. The Hall–Kier alpha value is -2.50. The Balaban J connectivity index is 2.18. The van der Waals surface area contributed by atoms with E-state index in [2.05, 4.69) is 4.74 Å². The van der Waals surface area contributed by atoms with Gasteiger partial charge in [0.15, 0.2) is 0 Å². The summed E-state index contributed by atoms with van der Waals surface area (Å²) in [5.74, 6) is -0.0355. The van der Waals surface area contributed by atoms with Gasteiger partial charge in [-0.15, -0.1) is 0 Å². The Morgan fingerprint density at radius 1 is 1.21 bits per heavy atom. The molecule has 2 aromatic carbocycles. The highest BCUT2D eigenvalue weighted by molar-refractivity contribution is 7.89. The highest BCUT2D eigenvalue weighted by Crippen LogP contribution is 2.20. The topological polar surface area (TPSA) is 70.4 Å². The van der Waals surface area contributed by atoms with Crippen LogP contribution in [0.1, 0.15) is 11.1 Å². The number of rotatable bonds is 6. The lowest BCUT2D eigenvalue weighted by Gasteiger charge is -2.18. The summed E-state index contributed by atoms with van der Waals surface area (Å²) in [6.07, 6.45) is 0. The van der Waals surface area contributed by atoms with E-state index in [1.165, 1.54) is 49.5 Å². The van der Waals surface area contributed by atoms with Crippen LogP contribution in [0.5, 0.6) is 5.75 Å². The fraction of sp³-hybridized carbons (Fsp3) is 0.188. The summed E-state index contributed by atoms with van der Waals surface area (Å²) < 4.78 is 54.8. The van der Waals surface area contributed by atoms with Crippen molar-refractivity contribution in [3.05, 3.63) is 59.7 Å². The maximum absolute atomic E-state index is 12.5. The minimum Gasteiger partial charge on any atom is -0.435 e. The molecule has 0 unspecified atom stereocenters. The highest BCUT2D eigenvalue weighted by atomic mass is 32.2. The van der Waals surface area contributed by atoms with Crippen molar-refractivity contribution >= 4 is 10.0 Å². The van der Waals surface area contributed by atoms with Gasteiger partial charge in [-0.2, -0.15) is 18.3 Å². The first-order valence-corrected chi connectivity index (χ1v) is 8.27. The van der Waals surface area contributed by atoms with E-state index in [-0.39, 0.29) is 17.2 Å². The second-order valence-corrected chi connectivity index (χ2v) is 6.97. The summed E-state index contributed by atoms with van der Waals surface area (Å²) >= 11 is 0. The minimum absolute atomic E-state index is 0.0111. The fourth-order valence-electron chi connectivity index (χ4n) is 2.04. The molecule has 24 heavy (non-hydrogen) atoms. The van der Waals surface area contributed by atoms with Crippen LogP contribution in [-0.2, 0) is 16.6 Å². The molecule has 0 bridgehead atoms. The van der Waals surface area contributed by atoms with Crippen molar-refractivity contribution in [1.29, 1.82) is 5.26 Å². The Bertz CT molecular complexity index is 846. The molecular weight excluding hydrogens is 338 g/mol. The number of benzene rings is 2. The normalized spacial score (nSPS) is 11.5. The molecule has 8 heteroatoms. The molecule has 0 heterocycles. The third-order valence-corrected chi connectivity index (χ3v) is 5.04. The lowest BCUT2D eigenvalue weighted by Crippen LogP contribution is -2.26. The van der Waals surface area contributed by atoms with Crippen LogP contribution in [0, 0.1) is 11.3 Å². The molecule has 0 amide bonds. The van der Waals surface area contributed by atoms with E-state index in [0.29, 0.717) is 11.1 Å². The SMILES string of the molecule is CN(Cc1cccc(OC(F)F)c1)S(=O)(=O)c1ccc(C#N)cc1. The van der Waals surface area contributed by atoms with Crippen LogP contribution in [0.3, 0.4) is 0 Å². The first-order valence-electron chi connectivity index (χ1n) is 6.83. The number of alkyl halides is 2. The minimum atomic E-state index is -3.76. The highest BCUT2D eigenvalue weighted by Gasteiger charge is 2.21. The van der Waals surface area contributed by atoms with Gasteiger partial charge in [0.2, 0.25) is 10.0 Å². The zero-order valence-corrected chi connectivity index (χ0v) is 13.5. The van der Waals surface area contributed by atoms with Crippen LogP contribution in [0.4, 0.5) is 8.78 Å².